The van der Waals surface area contributed by atoms with E-state index in [1.807, 2.05) is 19.9 Å². The molecular formula is C9H13NO. The molecule has 60 valence electrons. The van der Waals surface area contributed by atoms with E-state index in [1.54, 1.807) is 18.5 Å². The second-order valence-electron chi connectivity index (χ2n) is 2.06. The van der Waals surface area contributed by atoms with Crippen LogP contribution in [-0.2, 0) is 4.79 Å². The van der Waals surface area contributed by atoms with Crippen LogP contribution >= 0.6 is 0 Å². The van der Waals surface area contributed by atoms with Crippen LogP contribution in [0.3, 0.4) is 0 Å². The molecule has 0 saturated carbocycles. The van der Waals surface area contributed by atoms with Gasteiger partial charge in [-0.05, 0) is 20.8 Å². The Bertz CT molecular complexity index is 212. The third-order valence-electron chi connectivity index (χ3n) is 1.17. The Balaban J connectivity index is 4.22. The minimum absolute atomic E-state index is 0.0424. The molecule has 0 atom stereocenters. The average molecular weight is 151 g/mol. The fourth-order valence-corrected chi connectivity index (χ4v) is 0.578. The fraction of sp³-hybridized carbons (Fsp3) is 0.333. The highest BCUT2D eigenvalue weighted by Gasteiger charge is 1.95. The van der Waals surface area contributed by atoms with Crippen LogP contribution in [0.25, 0.3) is 0 Å². The van der Waals surface area contributed by atoms with Gasteiger partial charge in [-0.3, -0.25) is 9.79 Å². The highest BCUT2D eigenvalue weighted by atomic mass is 16.1. The van der Waals surface area contributed by atoms with Crippen LogP contribution in [-0.4, -0.2) is 12.0 Å². The molecule has 2 nitrogen and oxygen atoms in total. The molecule has 0 saturated heterocycles. The van der Waals surface area contributed by atoms with Gasteiger partial charge in [-0.15, -0.1) is 0 Å². The molecule has 11 heavy (non-hydrogen) atoms. The molecule has 0 aliphatic heterocycles. The van der Waals surface area contributed by atoms with Gasteiger partial charge in [0, 0.05) is 18.0 Å². The third kappa shape index (κ3) is 4.25. The predicted molar refractivity (Wildman–Crippen MR) is 47.7 cm³/mol. The largest absolute Gasteiger partial charge is 0.294 e. The van der Waals surface area contributed by atoms with E-state index in [9.17, 15) is 4.79 Å². The molecule has 0 aromatic carbocycles. The number of rotatable bonds is 3. The molecule has 0 aromatic rings. The van der Waals surface area contributed by atoms with Crippen molar-refractivity contribution in [2.24, 2.45) is 4.99 Å². The maximum Gasteiger partial charge on any atom is 0.161 e. The number of carbonyl (C=O) groups is 1. The van der Waals surface area contributed by atoms with Gasteiger partial charge < -0.3 is 0 Å². The van der Waals surface area contributed by atoms with Gasteiger partial charge >= 0.3 is 0 Å². The normalized spacial score (nSPS) is 13.2. The maximum absolute atomic E-state index is 10.8. The summed E-state index contributed by atoms with van der Waals surface area (Å²) >= 11 is 0. The van der Waals surface area contributed by atoms with E-state index in [0.717, 1.165) is 0 Å². The number of Topliss-reactive ketones (excluding diaryl/α,β-unsaturated/α-hetero) is 1. The first kappa shape index (κ1) is 9.82. The van der Waals surface area contributed by atoms with Crippen LogP contribution in [0.5, 0.6) is 0 Å². The van der Waals surface area contributed by atoms with E-state index in [2.05, 4.69) is 4.99 Å². The summed E-state index contributed by atoms with van der Waals surface area (Å²) < 4.78 is 0. The lowest BCUT2D eigenvalue weighted by atomic mass is 10.2. The Labute approximate surface area is 67.3 Å². The first-order valence-electron chi connectivity index (χ1n) is 3.54. The number of aliphatic imine (C=N–C) groups is 1. The molecule has 0 aliphatic carbocycles. The Hall–Kier alpha value is -1.18. The highest BCUT2D eigenvalue weighted by Crippen LogP contribution is 1.91. The van der Waals surface area contributed by atoms with Crippen molar-refractivity contribution >= 4 is 12.0 Å². The molecule has 0 rings (SSSR count). The number of hydrogen-bond donors (Lipinski definition) is 0. The molecule has 0 aliphatic rings. The van der Waals surface area contributed by atoms with Gasteiger partial charge in [0.15, 0.2) is 5.78 Å². The summed E-state index contributed by atoms with van der Waals surface area (Å²) in [5.74, 6) is 0.0424. The zero-order valence-electron chi connectivity index (χ0n) is 7.16. The van der Waals surface area contributed by atoms with Gasteiger partial charge in [-0.25, -0.2) is 0 Å². The van der Waals surface area contributed by atoms with Crippen LogP contribution in [0, 0.1) is 0 Å². The second kappa shape index (κ2) is 5.59. The lowest BCUT2D eigenvalue weighted by Crippen LogP contribution is -1.96. The summed E-state index contributed by atoms with van der Waals surface area (Å²) in [5, 5.41) is 0. The molecule has 0 aromatic heterocycles. The molecule has 2 heteroatoms. The van der Waals surface area contributed by atoms with Crippen molar-refractivity contribution in [1.82, 2.24) is 0 Å². The van der Waals surface area contributed by atoms with Gasteiger partial charge in [-0.1, -0.05) is 12.2 Å². The number of carbonyl (C=O) groups excluding carboxylic acids is 1. The number of ketones is 1. The van der Waals surface area contributed by atoms with Crippen LogP contribution < -0.4 is 0 Å². The van der Waals surface area contributed by atoms with E-state index in [1.165, 1.54) is 6.92 Å². The zero-order valence-corrected chi connectivity index (χ0v) is 7.16. The SMILES string of the molecule is CC=C(/C=N\C=C/C)C(C)=O. The third-order valence-corrected chi connectivity index (χ3v) is 1.17. The standard InChI is InChI=1S/C9H13NO/c1-4-6-10-7-9(5-2)8(3)11/h4-7H,1-3H3/b6-4-,9-5?,10-7-. The van der Waals surface area contributed by atoms with Crippen LogP contribution in [0.1, 0.15) is 20.8 Å². The van der Waals surface area contributed by atoms with E-state index >= 15 is 0 Å². The second-order valence-corrected chi connectivity index (χ2v) is 2.06. The average Bonchev–Trinajstić information content (AvgIpc) is 1.97. The molecule has 0 N–H and O–H groups in total. The number of hydrogen-bond acceptors (Lipinski definition) is 2. The van der Waals surface area contributed by atoms with Gasteiger partial charge in [0.1, 0.15) is 0 Å². The minimum Gasteiger partial charge on any atom is -0.294 e. The Morgan fingerprint density at radius 2 is 2.00 bits per heavy atom. The molecule has 0 heterocycles. The molecule has 0 bridgehead atoms. The van der Waals surface area contributed by atoms with Crippen LogP contribution in [0.2, 0.25) is 0 Å². The Morgan fingerprint density at radius 1 is 1.36 bits per heavy atom. The van der Waals surface area contributed by atoms with Crippen LogP contribution in [0.15, 0.2) is 28.9 Å². The summed E-state index contributed by atoms with van der Waals surface area (Å²) in [4.78, 5) is 14.7. The molecule has 0 radical (unpaired) electrons. The van der Waals surface area contributed by atoms with Crippen molar-refractivity contribution in [2.45, 2.75) is 20.8 Å². The van der Waals surface area contributed by atoms with Gasteiger partial charge in [-0.2, -0.15) is 0 Å². The van der Waals surface area contributed by atoms with E-state index in [-0.39, 0.29) is 5.78 Å². The molecule has 0 fully saturated rings. The van der Waals surface area contributed by atoms with Crippen LogP contribution in [0.4, 0.5) is 0 Å². The van der Waals surface area contributed by atoms with Crippen molar-refractivity contribution in [3.8, 4) is 0 Å². The first-order valence-corrected chi connectivity index (χ1v) is 3.54. The highest BCUT2D eigenvalue weighted by molar-refractivity contribution is 6.12. The monoisotopic (exact) mass is 151 g/mol. The number of nitrogens with zero attached hydrogens (tertiary/aromatic N) is 1. The molecular weight excluding hydrogens is 138 g/mol. The van der Waals surface area contributed by atoms with Crippen molar-refractivity contribution in [1.29, 1.82) is 0 Å². The van der Waals surface area contributed by atoms with Crippen molar-refractivity contribution < 1.29 is 4.79 Å². The Morgan fingerprint density at radius 3 is 2.36 bits per heavy atom. The van der Waals surface area contributed by atoms with Gasteiger partial charge in [0.2, 0.25) is 0 Å². The minimum atomic E-state index is 0.0424. The molecule has 0 unspecified atom stereocenters. The lowest BCUT2D eigenvalue weighted by Gasteiger charge is -1.89. The summed E-state index contributed by atoms with van der Waals surface area (Å²) in [5.41, 5.74) is 0.642. The smallest absolute Gasteiger partial charge is 0.161 e. The Kier molecular flexibility index (Phi) is 4.99. The zero-order chi connectivity index (χ0) is 8.69. The first-order chi connectivity index (χ1) is 5.22. The predicted octanol–water partition coefficient (Wildman–Crippen LogP) is 2.13. The number of allylic oxidation sites excluding steroid dienone is 3. The van der Waals surface area contributed by atoms with Crippen molar-refractivity contribution in [3.05, 3.63) is 23.9 Å². The van der Waals surface area contributed by atoms with E-state index in [0.29, 0.717) is 5.57 Å². The fourth-order valence-electron chi connectivity index (χ4n) is 0.578. The summed E-state index contributed by atoms with van der Waals surface area (Å²) in [6, 6.07) is 0. The van der Waals surface area contributed by atoms with E-state index in [4.69, 9.17) is 0 Å². The van der Waals surface area contributed by atoms with Gasteiger partial charge in [0.05, 0.1) is 0 Å². The summed E-state index contributed by atoms with van der Waals surface area (Å²) in [6.07, 6.45) is 6.76. The quantitative estimate of drug-likeness (QED) is 0.448. The molecule has 0 amide bonds. The molecule has 0 spiro atoms. The lowest BCUT2D eigenvalue weighted by molar-refractivity contribution is -0.113. The van der Waals surface area contributed by atoms with Crippen molar-refractivity contribution in [2.75, 3.05) is 0 Å². The van der Waals surface area contributed by atoms with Crippen molar-refractivity contribution in [3.63, 3.8) is 0 Å². The van der Waals surface area contributed by atoms with E-state index < -0.39 is 0 Å². The summed E-state index contributed by atoms with van der Waals surface area (Å²) in [6.45, 7) is 5.22. The summed E-state index contributed by atoms with van der Waals surface area (Å²) in [7, 11) is 0. The maximum atomic E-state index is 10.8. The van der Waals surface area contributed by atoms with Gasteiger partial charge in [0.25, 0.3) is 0 Å². The topological polar surface area (TPSA) is 29.4 Å².